The highest BCUT2D eigenvalue weighted by atomic mass is 35.5. The minimum absolute atomic E-state index is 0.00173. The number of ether oxygens (including phenoxy) is 1. The Labute approximate surface area is 134 Å². The van der Waals surface area contributed by atoms with Gasteiger partial charge in [0, 0.05) is 24.5 Å². The van der Waals surface area contributed by atoms with Crippen molar-refractivity contribution in [3.63, 3.8) is 0 Å². The van der Waals surface area contributed by atoms with Crippen LogP contribution >= 0.6 is 11.6 Å². The van der Waals surface area contributed by atoms with E-state index >= 15 is 0 Å². The highest BCUT2D eigenvalue weighted by molar-refractivity contribution is 6.31. The van der Waals surface area contributed by atoms with Gasteiger partial charge < -0.3 is 20.7 Å². The van der Waals surface area contributed by atoms with Gasteiger partial charge >= 0.3 is 0 Å². The van der Waals surface area contributed by atoms with Gasteiger partial charge in [0.25, 0.3) is 0 Å². The molecule has 3 N–H and O–H groups in total. The van der Waals surface area contributed by atoms with Crippen LogP contribution in [0.3, 0.4) is 0 Å². The van der Waals surface area contributed by atoms with Gasteiger partial charge in [-0.25, -0.2) is 0 Å². The molecule has 1 aromatic carbocycles. The van der Waals surface area contributed by atoms with Crippen molar-refractivity contribution >= 4 is 29.1 Å². The maximum atomic E-state index is 11.9. The molecule has 120 valence electrons. The number of rotatable bonds is 6. The van der Waals surface area contributed by atoms with Crippen LogP contribution in [0.2, 0.25) is 5.02 Å². The van der Waals surface area contributed by atoms with E-state index in [0.717, 1.165) is 13.0 Å². The summed E-state index contributed by atoms with van der Waals surface area (Å²) in [7, 11) is 1.52. The quantitative estimate of drug-likeness (QED) is 0.738. The zero-order valence-electron chi connectivity index (χ0n) is 12.4. The van der Waals surface area contributed by atoms with Gasteiger partial charge in [0.2, 0.25) is 11.8 Å². The molecular weight excluding hydrogens is 306 g/mol. The molecule has 1 atom stereocenters. The van der Waals surface area contributed by atoms with Gasteiger partial charge in [0.1, 0.15) is 5.75 Å². The molecule has 1 aromatic rings. The summed E-state index contributed by atoms with van der Waals surface area (Å²) in [6, 6.07) is 5.00. The van der Waals surface area contributed by atoms with Crippen molar-refractivity contribution in [2.75, 3.05) is 32.1 Å². The van der Waals surface area contributed by atoms with Gasteiger partial charge in [-0.3, -0.25) is 9.59 Å². The largest absolute Gasteiger partial charge is 0.495 e. The third-order valence-corrected chi connectivity index (χ3v) is 3.75. The number of halogens is 1. The molecular formula is C15H20ClN3O3. The highest BCUT2D eigenvalue weighted by Crippen LogP contribution is 2.27. The van der Waals surface area contributed by atoms with E-state index in [1.54, 1.807) is 18.2 Å². The maximum Gasteiger partial charge on any atom is 0.226 e. The smallest absolute Gasteiger partial charge is 0.226 e. The van der Waals surface area contributed by atoms with Crippen molar-refractivity contribution in [1.29, 1.82) is 0 Å². The molecule has 0 saturated carbocycles. The van der Waals surface area contributed by atoms with Crippen LogP contribution in [0.1, 0.15) is 12.8 Å². The summed E-state index contributed by atoms with van der Waals surface area (Å²) in [4.78, 5) is 23.7. The fourth-order valence-electron chi connectivity index (χ4n) is 2.31. The van der Waals surface area contributed by atoms with Crippen molar-refractivity contribution in [2.45, 2.75) is 12.8 Å². The monoisotopic (exact) mass is 325 g/mol. The Morgan fingerprint density at radius 1 is 1.45 bits per heavy atom. The number of nitrogens with one attached hydrogen (secondary N) is 3. The zero-order chi connectivity index (χ0) is 15.9. The van der Waals surface area contributed by atoms with Crippen LogP contribution in [0.25, 0.3) is 0 Å². The predicted octanol–water partition coefficient (Wildman–Crippen LogP) is 1.40. The molecule has 22 heavy (non-hydrogen) atoms. The number of amides is 2. The van der Waals surface area contributed by atoms with Crippen molar-refractivity contribution in [1.82, 2.24) is 10.6 Å². The number of carbonyl (C=O) groups is 2. The third-order valence-electron chi connectivity index (χ3n) is 3.52. The van der Waals surface area contributed by atoms with Crippen LogP contribution in [0.5, 0.6) is 5.75 Å². The first-order valence-corrected chi connectivity index (χ1v) is 7.59. The van der Waals surface area contributed by atoms with E-state index in [1.807, 2.05) is 0 Å². The molecule has 6 nitrogen and oxygen atoms in total. The molecule has 0 aromatic heterocycles. The first-order chi connectivity index (χ1) is 10.6. The van der Waals surface area contributed by atoms with Crippen LogP contribution in [-0.2, 0) is 9.59 Å². The number of hydrogen-bond acceptors (Lipinski definition) is 4. The number of methoxy groups -OCH3 is 1. The number of hydrogen-bond donors (Lipinski definition) is 3. The molecule has 1 aliphatic heterocycles. The lowest BCUT2D eigenvalue weighted by atomic mass is 10.1. The SMILES string of the molecule is COc1ccc(Cl)cc1NC(=O)CCNC(=O)C1CCNC1. The fourth-order valence-corrected chi connectivity index (χ4v) is 2.48. The van der Waals surface area contributed by atoms with Crippen molar-refractivity contribution in [2.24, 2.45) is 5.92 Å². The Balaban J connectivity index is 1.78. The Hall–Kier alpha value is -1.79. The molecule has 0 radical (unpaired) electrons. The van der Waals surface area contributed by atoms with Gasteiger partial charge in [0.15, 0.2) is 0 Å². The Bertz CT molecular complexity index is 545. The van der Waals surface area contributed by atoms with Crippen LogP contribution in [0.4, 0.5) is 5.69 Å². The molecule has 0 bridgehead atoms. The Morgan fingerprint density at radius 3 is 2.95 bits per heavy atom. The number of benzene rings is 1. The first-order valence-electron chi connectivity index (χ1n) is 7.22. The molecule has 0 spiro atoms. The van der Waals surface area contributed by atoms with E-state index in [4.69, 9.17) is 16.3 Å². The minimum atomic E-state index is -0.203. The van der Waals surface area contributed by atoms with E-state index in [9.17, 15) is 9.59 Å². The fraction of sp³-hybridized carbons (Fsp3) is 0.467. The molecule has 1 unspecified atom stereocenters. The summed E-state index contributed by atoms with van der Waals surface area (Å²) in [5.41, 5.74) is 0.520. The normalized spacial score (nSPS) is 17.1. The van der Waals surface area contributed by atoms with E-state index in [1.165, 1.54) is 7.11 Å². The van der Waals surface area contributed by atoms with Crippen molar-refractivity contribution in [3.05, 3.63) is 23.2 Å². The van der Waals surface area contributed by atoms with Crippen molar-refractivity contribution in [3.8, 4) is 5.75 Å². The molecule has 1 saturated heterocycles. The van der Waals surface area contributed by atoms with E-state index in [-0.39, 0.29) is 24.2 Å². The molecule has 1 fully saturated rings. The van der Waals surface area contributed by atoms with Crippen molar-refractivity contribution < 1.29 is 14.3 Å². The van der Waals surface area contributed by atoms with Crippen LogP contribution in [0.15, 0.2) is 18.2 Å². The van der Waals surface area contributed by atoms with Gasteiger partial charge in [-0.2, -0.15) is 0 Å². The van der Waals surface area contributed by atoms with Gasteiger partial charge in [-0.1, -0.05) is 11.6 Å². The average molecular weight is 326 g/mol. The van der Waals surface area contributed by atoms with Crippen LogP contribution in [-0.4, -0.2) is 38.6 Å². The topological polar surface area (TPSA) is 79.5 Å². The van der Waals surface area contributed by atoms with E-state index in [0.29, 0.717) is 29.5 Å². The van der Waals surface area contributed by atoms with Crippen LogP contribution in [0, 0.1) is 5.92 Å². The molecule has 0 aliphatic carbocycles. The summed E-state index contributed by atoms with van der Waals surface area (Å²) >= 11 is 5.91. The molecule has 7 heteroatoms. The standard InChI is InChI=1S/C15H20ClN3O3/c1-22-13-3-2-11(16)8-12(13)19-14(20)5-7-18-15(21)10-4-6-17-9-10/h2-3,8,10,17H,4-7,9H2,1H3,(H,18,21)(H,19,20). The number of anilines is 1. The van der Waals surface area contributed by atoms with E-state index < -0.39 is 0 Å². The molecule has 2 rings (SSSR count). The van der Waals surface area contributed by atoms with Gasteiger partial charge in [-0.15, -0.1) is 0 Å². The summed E-state index contributed by atoms with van der Waals surface area (Å²) in [6.45, 7) is 1.88. The third kappa shape index (κ3) is 4.61. The molecule has 1 aliphatic rings. The average Bonchev–Trinajstić information content (AvgIpc) is 3.01. The minimum Gasteiger partial charge on any atom is -0.495 e. The summed E-state index contributed by atoms with van der Waals surface area (Å²) in [6.07, 6.45) is 1.04. The molecule has 2 amide bonds. The lowest BCUT2D eigenvalue weighted by molar-refractivity contribution is -0.124. The van der Waals surface area contributed by atoms with Gasteiger partial charge in [-0.05, 0) is 31.2 Å². The highest BCUT2D eigenvalue weighted by Gasteiger charge is 2.21. The van der Waals surface area contributed by atoms with Gasteiger partial charge in [0.05, 0.1) is 18.7 Å². The van der Waals surface area contributed by atoms with E-state index in [2.05, 4.69) is 16.0 Å². The predicted molar refractivity (Wildman–Crippen MR) is 85.2 cm³/mol. The second-order valence-corrected chi connectivity index (χ2v) is 5.56. The zero-order valence-corrected chi connectivity index (χ0v) is 13.2. The Morgan fingerprint density at radius 2 is 2.27 bits per heavy atom. The second-order valence-electron chi connectivity index (χ2n) is 5.12. The Kier molecular flexibility index (Phi) is 6.03. The number of carbonyl (C=O) groups excluding carboxylic acids is 2. The van der Waals surface area contributed by atoms with Crippen LogP contribution < -0.4 is 20.7 Å². The first kappa shape index (κ1) is 16.6. The maximum absolute atomic E-state index is 11.9. The second kappa shape index (κ2) is 8.00. The summed E-state index contributed by atoms with van der Waals surface area (Å²) < 4.78 is 5.16. The summed E-state index contributed by atoms with van der Waals surface area (Å²) in [5, 5.41) is 9.17. The summed E-state index contributed by atoms with van der Waals surface area (Å²) in [5.74, 6) is 0.346. The lowest BCUT2D eigenvalue weighted by Gasteiger charge is -2.12. The molecule has 1 heterocycles. The lowest BCUT2D eigenvalue weighted by Crippen LogP contribution is -2.34.